The first-order valence-electron chi connectivity index (χ1n) is 5.95. The number of H-pyrrole nitrogens is 1. The Kier molecular flexibility index (Phi) is 3.28. The van der Waals surface area contributed by atoms with Crippen LogP contribution in [0.3, 0.4) is 0 Å². The minimum absolute atomic E-state index is 0.00731. The molecule has 1 heterocycles. The molecule has 0 unspecified atom stereocenters. The zero-order chi connectivity index (χ0) is 14.1. The molecule has 0 atom stereocenters. The van der Waals surface area contributed by atoms with E-state index in [4.69, 9.17) is 11.6 Å². The summed E-state index contributed by atoms with van der Waals surface area (Å²) in [6.07, 6.45) is 0. The van der Waals surface area contributed by atoms with Crippen molar-refractivity contribution in [2.24, 2.45) is 0 Å². The second-order valence-electron chi connectivity index (χ2n) is 4.30. The maximum absolute atomic E-state index is 13.5. The van der Waals surface area contributed by atoms with Gasteiger partial charge in [0.15, 0.2) is 11.6 Å². The molecule has 0 bridgehead atoms. The van der Waals surface area contributed by atoms with Gasteiger partial charge in [-0.15, -0.1) is 0 Å². The summed E-state index contributed by atoms with van der Waals surface area (Å²) in [5, 5.41) is 3.72. The van der Waals surface area contributed by atoms with Crippen molar-refractivity contribution in [1.29, 1.82) is 0 Å². The van der Waals surface area contributed by atoms with E-state index in [1.807, 2.05) is 12.1 Å². The maximum atomic E-state index is 13.5. The normalized spacial score (nSPS) is 10.9. The number of rotatable bonds is 3. The lowest BCUT2D eigenvalue weighted by Crippen LogP contribution is -2.00. The van der Waals surface area contributed by atoms with Crippen molar-refractivity contribution in [2.75, 3.05) is 5.32 Å². The van der Waals surface area contributed by atoms with Crippen LogP contribution in [-0.4, -0.2) is 9.97 Å². The van der Waals surface area contributed by atoms with Gasteiger partial charge in [-0.3, -0.25) is 0 Å². The standard InChI is InChI=1S/C14H10ClF2N3/c15-8-2-1-3-9(6-8)18-7-12-19-11-5-4-10(16)13(17)14(11)20-12/h1-6,18H,7H2,(H,19,20). The third-order valence-corrected chi connectivity index (χ3v) is 3.11. The van der Waals surface area contributed by atoms with Crippen LogP contribution < -0.4 is 5.32 Å². The van der Waals surface area contributed by atoms with Crippen LogP contribution >= 0.6 is 11.6 Å². The zero-order valence-electron chi connectivity index (χ0n) is 10.3. The highest BCUT2D eigenvalue weighted by molar-refractivity contribution is 6.30. The molecule has 3 aromatic rings. The fourth-order valence-corrected chi connectivity index (χ4v) is 2.13. The van der Waals surface area contributed by atoms with E-state index in [-0.39, 0.29) is 5.52 Å². The Bertz CT molecular complexity index is 770. The molecule has 0 saturated heterocycles. The van der Waals surface area contributed by atoms with Crippen molar-refractivity contribution in [1.82, 2.24) is 9.97 Å². The molecular weight excluding hydrogens is 284 g/mol. The number of imidazole rings is 1. The molecule has 0 aliphatic rings. The largest absolute Gasteiger partial charge is 0.378 e. The molecule has 2 aromatic carbocycles. The predicted molar refractivity (Wildman–Crippen MR) is 74.8 cm³/mol. The average Bonchev–Trinajstić information content (AvgIpc) is 2.85. The summed E-state index contributed by atoms with van der Waals surface area (Å²) in [5.74, 6) is -1.32. The van der Waals surface area contributed by atoms with Crippen LogP contribution in [0.25, 0.3) is 11.0 Å². The number of aromatic amines is 1. The second-order valence-corrected chi connectivity index (χ2v) is 4.74. The molecule has 1 aromatic heterocycles. The predicted octanol–water partition coefficient (Wildman–Crippen LogP) is 4.11. The fourth-order valence-electron chi connectivity index (χ4n) is 1.94. The topological polar surface area (TPSA) is 40.7 Å². The fraction of sp³-hybridized carbons (Fsp3) is 0.0714. The first-order valence-corrected chi connectivity index (χ1v) is 6.33. The van der Waals surface area contributed by atoms with Gasteiger partial charge in [-0.1, -0.05) is 17.7 Å². The van der Waals surface area contributed by atoms with Gasteiger partial charge < -0.3 is 10.3 Å². The average molecular weight is 294 g/mol. The molecule has 0 spiro atoms. The van der Waals surface area contributed by atoms with Crippen molar-refractivity contribution in [3.63, 3.8) is 0 Å². The van der Waals surface area contributed by atoms with E-state index >= 15 is 0 Å². The van der Waals surface area contributed by atoms with E-state index in [1.54, 1.807) is 12.1 Å². The molecule has 0 amide bonds. The van der Waals surface area contributed by atoms with E-state index in [2.05, 4.69) is 15.3 Å². The molecule has 2 N–H and O–H groups in total. The van der Waals surface area contributed by atoms with Crippen LogP contribution in [0.5, 0.6) is 0 Å². The molecule has 0 saturated carbocycles. The number of hydrogen-bond donors (Lipinski definition) is 2. The number of nitrogens with zero attached hydrogens (tertiary/aromatic N) is 1. The lowest BCUT2D eigenvalue weighted by molar-refractivity contribution is 0.515. The highest BCUT2D eigenvalue weighted by atomic mass is 35.5. The van der Waals surface area contributed by atoms with Crippen LogP contribution in [-0.2, 0) is 6.54 Å². The molecule has 3 nitrogen and oxygen atoms in total. The van der Waals surface area contributed by atoms with Gasteiger partial charge in [-0.2, -0.15) is 0 Å². The zero-order valence-corrected chi connectivity index (χ0v) is 11.0. The van der Waals surface area contributed by atoms with E-state index in [1.165, 1.54) is 6.07 Å². The summed E-state index contributed by atoms with van der Waals surface area (Å²) in [5.41, 5.74) is 1.30. The third-order valence-electron chi connectivity index (χ3n) is 2.88. The number of halogens is 3. The van der Waals surface area contributed by atoms with Gasteiger partial charge in [0.2, 0.25) is 0 Å². The van der Waals surface area contributed by atoms with E-state index < -0.39 is 11.6 Å². The first kappa shape index (κ1) is 12.9. The Labute approximate surface area is 118 Å². The summed E-state index contributed by atoms with van der Waals surface area (Å²) in [4.78, 5) is 6.98. The molecule has 6 heteroatoms. The van der Waals surface area contributed by atoms with Crippen molar-refractivity contribution in [3.05, 3.63) is 58.9 Å². The van der Waals surface area contributed by atoms with Crippen LogP contribution in [0.4, 0.5) is 14.5 Å². The van der Waals surface area contributed by atoms with Crippen molar-refractivity contribution in [3.8, 4) is 0 Å². The highest BCUT2D eigenvalue weighted by Gasteiger charge is 2.11. The van der Waals surface area contributed by atoms with Crippen molar-refractivity contribution >= 4 is 28.3 Å². The molecule has 20 heavy (non-hydrogen) atoms. The summed E-state index contributed by atoms with van der Waals surface area (Å²) in [6, 6.07) is 9.75. The monoisotopic (exact) mass is 293 g/mol. The molecule has 0 aliphatic heterocycles. The van der Waals surface area contributed by atoms with Crippen molar-refractivity contribution < 1.29 is 8.78 Å². The Morgan fingerprint density at radius 1 is 1.20 bits per heavy atom. The number of hydrogen-bond acceptors (Lipinski definition) is 2. The number of nitrogens with one attached hydrogen (secondary N) is 2. The minimum atomic E-state index is -0.937. The Morgan fingerprint density at radius 3 is 2.85 bits per heavy atom. The lowest BCUT2D eigenvalue weighted by atomic mass is 10.3. The van der Waals surface area contributed by atoms with E-state index in [9.17, 15) is 8.78 Å². The number of fused-ring (bicyclic) bond motifs is 1. The Morgan fingerprint density at radius 2 is 2.05 bits per heavy atom. The molecule has 3 rings (SSSR count). The molecule has 0 fully saturated rings. The SMILES string of the molecule is Fc1ccc2[nH]c(CNc3cccc(Cl)c3)nc2c1F. The summed E-state index contributed by atoms with van der Waals surface area (Å²) < 4.78 is 26.6. The van der Waals surface area contributed by atoms with Gasteiger partial charge in [-0.05, 0) is 30.3 Å². The second kappa shape index (κ2) is 5.09. The molecule has 0 aliphatic carbocycles. The van der Waals surface area contributed by atoms with Crippen molar-refractivity contribution in [2.45, 2.75) is 6.54 Å². The van der Waals surface area contributed by atoms with Crippen LogP contribution in [0, 0.1) is 11.6 Å². The van der Waals surface area contributed by atoms with E-state index in [0.29, 0.717) is 22.9 Å². The van der Waals surface area contributed by atoms with Crippen LogP contribution in [0.15, 0.2) is 36.4 Å². The maximum Gasteiger partial charge on any atom is 0.186 e. The number of benzene rings is 2. The van der Waals surface area contributed by atoms with Gasteiger partial charge in [0.1, 0.15) is 11.3 Å². The summed E-state index contributed by atoms with van der Waals surface area (Å²) >= 11 is 5.87. The summed E-state index contributed by atoms with van der Waals surface area (Å²) in [6.45, 7) is 0.357. The van der Waals surface area contributed by atoms with Gasteiger partial charge in [0, 0.05) is 10.7 Å². The highest BCUT2D eigenvalue weighted by Crippen LogP contribution is 2.19. The molecular formula is C14H10ClF2N3. The molecule has 0 radical (unpaired) electrons. The number of aromatic nitrogens is 2. The Hall–Kier alpha value is -2.14. The molecule has 102 valence electrons. The lowest BCUT2D eigenvalue weighted by Gasteiger charge is -2.04. The minimum Gasteiger partial charge on any atom is -0.378 e. The van der Waals surface area contributed by atoms with Crippen LogP contribution in [0.2, 0.25) is 5.02 Å². The van der Waals surface area contributed by atoms with Gasteiger partial charge >= 0.3 is 0 Å². The summed E-state index contributed by atoms with van der Waals surface area (Å²) in [7, 11) is 0. The third kappa shape index (κ3) is 2.44. The van der Waals surface area contributed by atoms with Gasteiger partial charge in [0.25, 0.3) is 0 Å². The van der Waals surface area contributed by atoms with Gasteiger partial charge in [0.05, 0.1) is 12.1 Å². The number of anilines is 1. The van der Waals surface area contributed by atoms with Gasteiger partial charge in [-0.25, -0.2) is 13.8 Å². The smallest absolute Gasteiger partial charge is 0.186 e. The van der Waals surface area contributed by atoms with E-state index in [0.717, 1.165) is 11.8 Å². The van der Waals surface area contributed by atoms with Crippen LogP contribution in [0.1, 0.15) is 5.82 Å². The first-order chi connectivity index (χ1) is 9.63. The Balaban J connectivity index is 1.83. The quantitative estimate of drug-likeness (QED) is 0.763.